The lowest BCUT2D eigenvalue weighted by Crippen LogP contribution is -2.53. The van der Waals surface area contributed by atoms with Crippen LogP contribution in [0.5, 0.6) is 0 Å². The molecular formula is C11H9F7O. The lowest BCUT2D eigenvalue weighted by atomic mass is 9.91. The first-order valence-electron chi connectivity index (χ1n) is 5.01. The summed E-state index contributed by atoms with van der Waals surface area (Å²) in [5, 5.41) is 9.04. The van der Waals surface area contributed by atoms with E-state index in [1.807, 2.05) is 0 Å². The number of halogens is 7. The Balaban J connectivity index is 3.36. The topological polar surface area (TPSA) is 20.2 Å². The summed E-state index contributed by atoms with van der Waals surface area (Å²) in [5.74, 6) is 0. The van der Waals surface area contributed by atoms with Crippen molar-refractivity contribution in [3.63, 3.8) is 0 Å². The van der Waals surface area contributed by atoms with E-state index in [0.717, 1.165) is 19.1 Å². The van der Waals surface area contributed by atoms with Crippen LogP contribution in [0.4, 0.5) is 30.7 Å². The molecule has 0 bridgehead atoms. The van der Waals surface area contributed by atoms with E-state index in [1.54, 1.807) is 0 Å². The van der Waals surface area contributed by atoms with E-state index in [1.165, 1.54) is 0 Å². The van der Waals surface area contributed by atoms with Gasteiger partial charge in [0.1, 0.15) is 6.17 Å². The number of benzene rings is 1. The fraction of sp³-hybridized carbons (Fsp3) is 0.455. The van der Waals surface area contributed by atoms with Gasteiger partial charge in [0.15, 0.2) is 0 Å². The van der Waals surface area contributed by atoms with Crippen LogP contribution in [-0.4, -0.2) is 17.5 Å². The molecule has 19 heavy (non-hydrogen) atoms. The number of hydrogen-bond acceptors (Lipinski definition) is 1. The smallest absolute Gasteiger partial charge is 0.369 e. The summed E-state index contributed by atoms with van der Waals surface area (Å²) in [6.45, 7) is 1.08. The number of hydrogen-bond donors (Lipinski definition) is 1. The highest BCUT2D eigenvalue weighted by Gasteiger charge is 2.71. The highest BCUT2D eigenvalue weighted by molar-refractivity contribution is 5.31. The molecule has 0 amide bonds. The average molecular weight is 290 g/mol. The van der Waals surface area contributed by atoms with Crippen molar-refractivity contribution >= 4 is 0 Å². The molecule has 0 heterocycles. The van der Waals surface area contributed by atoms with Crippen molar-refractivity contribution in [2.24, 2.45) is 0 Å². The zero-order valence-corrected chi connectivity index (χ0v) is 9.48. The zero-order chi connectivity index (χ0) is 15.1. The van der Waals surface area contributed by atoms with Gasteiger partial charge >= 0.3 is 12.4 Å². The van der Waals surface area contributed by atoms with Gasteiger partial charge in [-0.1, -0.05) is 24.3 Å². The van der Waals surface area contributed by atoms with Crippen LogP contribution < -0.4 is 0 Å². The Bertz CT molecular complexity index is 416. The Kier molecular flexibility index (Phi) is 3.86. The minimum absolute atomic E-state index is 0.0875. The third-order valence-electron chi connectivity index (χ3n) is 2.61. The number of alkyl halides is 7. The Labute approximate surface area is 103 Å². The highest BCUT2D eigenvalue weighted by Crippen LogP contribution is 2.50. The van der Waals surface area contributed by atoms with Gasteiger partial charge in [0.2, 0.25) is 0 Å². The lowest BCUT2D eigenvalue weighted by molar-refractivity contribution is -0.376. The third kappa shape index (κ3) is 2.68. The standard InChI is InChI=1S/C11H9F7O/c1-6(12)7-2-4-8(5-3-7)9(19,10(13,14)15)11(16,17)18/h2-6,19H,1H3. The molecule has 108 valence electrons. The largest absolute Gasteiger partial charge is 0.430 e. The number of rotatable bonds is 2. The Hall–Kier alpha value is -1.31. The molecule has 1 atom stereocenters. The van der Waals surface area contributed by atoms with Crippen LogP contribution in [0.1, 0.15) is 24.2 Å². The summed E-state index contributed by atoms with van der Waals surface area (Å²) in [6.07, 6.45) is -13.4. The van der Waals surface area contributed by atoms with Gasteiger partial charge in [0.25, 0.3) is 5.60 Å². The maximum Gasteiger partial charge on any atom is 0.430 e. The van der Waals surface area contributed by atoms with Gasteiger partial charge in [-0.15, -0.1) is 0 Å². The monoisotopic (exact) mass is 290 g/mol. The molecule has 0 aliphatic heterocycles. The van der Waals surface area contributed by atoms with Gasteiger partial charge in [-0.3, -0.25) is 0 Å². The molecule has 0 fully saturated rings. The summed E-state index contributed by atoms with van der Waals surface area (Å²) in [6, 6.07) is 2.35. The predicted molar refractivity (Wildman–Crippen MR) is 52.0 cm³/mol. The molecule has 0 aromatic heterocycles. The second-order valence-electron chi connectivity index (χ2n) is 3.94. The van der Waals surface area contributed by atoms with E-state index in [2.05, 4.69) is 0 Å². The highest BCUT2D eigenvalue weighted by atomic mass is 19.4. The first-order valence-corrected chi connectivity index (χ1v) is 5.01. The minimum atomic E-state index is -5.94. The lowest BCUT2D eigenvalue weighted by Gasteiger charge is -2.32. The molecule has 8 heteroatoms. The van der Waals surface area contributed by atoms with Gasteiger partial charge in [-0.25, -0.2) is 4.39 Å². The summed E-state index contributed by atoms with van der Waals surface area (Å²) in [4.78, 5) is 0. The van der Waals surface area contributed by atoms with Gasteiger partial charge in [-0.2, -0.15) is 26.3 Å². The van der Waals surface area contributed by atoms with Crippen LogP contribution in [0.2, 0.25) is 0 Å². The van der Waals surface area contributed by atoms with Crippen molar-refractivity contribution in [1.82, 2.24) is 0 Å². The molecule has 1 aromatic carbocycles. The normalized spacial score (nSPS) is 15.4. The third-order valence-corrected chi connectivity index (χ3v) is 2.61. The maximum atomic E-state index is 12.8. The fourth-order valence-electron chi connectivity index (χ4n) is 1.48. The molecule has 0 radical (unpaired) electrons. The minimum Gasteiger partial charge on any atom is -0.369 e. The van der Waals surface area contributed by atoms with Crippen LogP contribution in [0.15, 0.2) is 24.3 Å². The van der Waals surface area contributed by atoms with Crippen LogP contribution >= 0.6 is 0 Å². The maximum absolute atomic E-state index is 12.8. The second kappa shape index (κ2) is 4.66. The molecule has 0 saturated heterocycles. The Morgan fingerprint density at radius 1 is 0.895 bits per heavy atom. The van der Waals surface area contributed by atoms with Crippen molar-refractivity contribution in [2.45, 2.75) is 31.0 Å². The van der Waals surface area contributed by atoms with Crippen molar-refractivity contribution in [3.05, 3.63) is 35.4 Å². The zero-order valence-electron chi connectivity index (χ0n) is 9.48. The van der Waals surface area contributed by atoms with Crippen LogP contribution in [-0.2, 0) is 5.60 Å². The SMILES string of the molecule is CC(F)c1ccc(C(O)(C(F)(F)F)C(F)(F)F)cc1. The summed E-state index contributed by atoms with van der Waals surface area (Å²) in [5.41, 5.74) is -6.47. The van der Waals surface area contributed by atoms with Gasteiger partial charge in [-0.05, 0) is 12.5 Å². The van der Waals surface area contributed by atoms with E-state index < -0.39 is 29.7 Å². The Morgan fingerprint density at radius 3 is 1.53 bits per heavy atom. The van der Waals surface area contributed by atoms with E-state index in [-0.39, 0.29) is 5.56 Å². The van der Waals surface area contributed by atoms with Crippen LogP contribution in [0, 0.1) is 0 Å². The van der Waals surface area contributed by atoms with Gasteiger partial charge < -0.3 is 5.11 Å². The van der Waals surface area contributed by atoms with Gasteiger partial charge in [0, 0.05) is 5.56 Å². The van der Waals surface area contributed by atoms with Crippen LogP contribution in [0.25, 0.3) is 0 Å². The first-order chi connectivity index (χ1) is 8.41. The molecule has 1 aromatic rings. The second-order valence-corrected chi connectivity index (χ2v) is 3.94. The molecule has 0 spiro atoms. The molecule has 0 aliphatic carbocycles. The summed E-state index contributed by atoms with van der Waals surface area (Å²) >= 11 is 0. The van der Waals surface area contributed by atoms with Crippen molar-refractivity contribution in [2.75, 3.05) is 0 Å². The van der Waals surface area contributed by atoms with Crippen molar-refractivity contribution in [3.8, 4) is 0 Å². The van der Waals surface area contributed by atoms with E-state index in [4.69, 9.17) is 5.11 Å². The molecular weight excluding hydrogens is 281 g/mol. The van der Waals surface area contributed by atoms with E-state index in [0.29, 0.717) is 12.1 Å². The number of aliphatic hydroxyl groups is 1. The summed E-state index contributed by atoms with van der Waals surface area (Å²) < 4.78 is 87.8. The molecule has 1 rings (SSSR count). The van der Waals surface area contributed by atoms with E-state index >= 15 is 0 Å². The molecule has 1 unspecified atom stereocenters. The van der Waals surface area contributed by atoms with Crippen molar-refractivity contribution in [1.29, 1.82) is 0 Å². The fourth-order valence-corrected chi connectivity index (χ4v) is 1.48. The molecule has 1 N–H and O–H groups in total. The molecule has 0 aliphatic rings. The predicted octanol–water partition coefficient (Wildman–Crippen LogP) is 4.03. The molecule has 1 nitrogen and oxygen atoms in total. The van der Waals surface area contributed by atoms with Crippen LogP contribution in [0.3, 0.4) is 0 Å². The van der Waals surface area contributed by atoms with Gasteiger partial charge in [0.05, 0.1) is 0 Å². The van der Waals surface area contributed by atoms with Crippen molar-refractivity contribution < 1.29 is 35.8 Å². The Morgan fingerprint density at radius 2 is 1.26 bits per heavy atom. The first kappa shape index (κ1) is 15.7. The molecule has 0 saturated carbocycles. The van der Waals surface area contributed by atoms with E-state index in [9.17, 15) is 30.7 Å². The summed E-state index contributed by atoms with van der Waals surface area (Å²) in [7, 11) is 0. The average Bonchev–Trinajstić information content (AvgIpc) is 2.25. The quantitative estimate of drug-likeness (QED) is 0.815.